The summed E-state index contributed by atoms with van der Waals surface area (Å²) in [5.74, 6) is 0.711. The Balaban J connectivity index is 1.28. The predicted molar refractivity (Wildman–Crippen MR) is 154 cm³/mol. The van der Waals surface area contributed by atoms with Gasteiger partial charge in [-0.1, -0.05) is 60.3 Å². The summed E-state index contributed by atoms with van der Waals surface area (Å²) in [7, 11) is 0. The summed E-state index contributed by atoms with van der Waals surface area (Å²) < 4.78 is 5.80. The number of hydrogen-bond acceptors (Lipinski definition) is 4. The normalized spacial score (nSPS) is 11.5. The highest BCUT2D eigenvalue weighted by molar-refractivity contribution is 6.35. The number of carbonyl (C=O) groups excluding carboxylic acids is 1. The Hall–Kier alpha value is -3.58. The highest BCUT2D eigenvalue weighted by Crippen LogP contribution is 2.30. The molecule has 1 amide bonds. The lowest BCUT2D eigenvalue weighted by Crippen LogP contribution is -2.08. The minimum absolute atomic E-state index is 0.360. The number of rotatable bonds is 8. The summed E-state index contributed by atoms with van der Waals surface area (Å²) in [6, 6.07) is 20.3. The molecular formula is C29H23Cl3N4O2. The molecule has 0 fully saturated rings. The van der Waals surface area contributed by atoms with Crippen LogP contribution in [0.1, 0.15) is 31.1 Å². The minimum atomic E-state index is -0.370. The minimum Gasteiger partial charge on any atom is -0.457 e. The quantitative estimate of drug-likeness (QED) is 0.191. The molecule has 0 aliphatic rings. The fourth-order valence-electron chi connectivity index (χ4n) is 3.95. The van der Waals surface area contributed by atoms with E-state index in [1.807, 2.05) is 12.1 Å². The standard InChI is InChI=1S/C29H23Cl3N4O2/c1-2-3-4-18-5-7-22(8-6-18)36-34-26-16-24(32)25(17-27(26)35-36)33-29(37)12-10-23-9-11-28(38-23)19-13-20(30)15-21(31)14-19/h5-17H,2-4H2,1H3,(H,33,37)/b12-10+. The molecule has 38 heavy (non-hydrogen) atoms. The van der Waals surface area contributed by atoms with Gasteiger partial charge in [0.25, 0.3) is 0 Å². The Bertz CT molecular complexity index is 1620. The van der Waals surface area contributed by atoms with Gasteiger partial charge in [-0.25, -0.2) is 0 Å². The van der Waals surface area contributed by atoms with E-state index in [1.165, 1.54) is 11.6 Å². The molecule has 0 radical (unpaired) electrons. The van der Waals surface area contributed by atoms with Gasteiger partial charge in [0, 0.05) is 21.7 Å². The first-order valence-electron chi connectivity index (χ1n) is 12.1. The van der Waals surface area contributed by atoms with E-state index in [-0.39, 0.29) is 5.91 Å². The fourth-order valence-corrected chi connectivity index (χ4v) is 4.68. The summed E-state index contributed by atoms with van der Waals surface area (Å²) in [6.45, 7) is 2.18. The second-order valence-electron chi connectivity index (χ2n) is 8.76. The van der Waals surface area contributed by atoms with Crippen LogP contribution < -0.4 is 5.32 Å². The van der Waals surface area contributed by atoms with Crippen molar-refractivity contribution in [2.45, 2.75) is 26.2 Å². The SMILES string of the molecule is CCCCc1ccc(-n2nc3cc(Cl)c(NC(=O)/C=C/c4ccc(-c5cc(Cl)cc(Cl)c5)o4)cc3n2)cc1. The maximum absolute atomic E-state index is 12.6. The van der Waals surface area contributed by atoms with Crippen molar-refractivity contribution < 1.29 is 9.21 Å². The zero-order chi connectivity index (χ0) is 26.6. The number of fused-ring (bicyclic) bond motifs is 1. The number of halogens is 3. The van der Waals surface area contributed by atoms with Crippen LogP contribution in [0.2, 0.25) is 15.1 Å². The van der Waals surface area contributed by atoms with E-state index in [1.54, 1.807) is 53.3 Å². The molecule has 0 saturated carbocycles. The first-order chi connectivity index (χ1) is 18.4. The van der Waals surface area contributed by atoms with Gasteiger partial charge in [0.05, 0.1) is 16.4 Å². The van der Waals surface area contributed by atoms with Crippen LogP contribution in [0, 0.1) is 0 Å². The van der Waals surface area contributed by atoms with Crippen molar-refractivity contribution in [3.8, 4) is 17.0 Å². The molecule has 9 heteroatoms. The van der Waals surface area contributed by atoms with Crippen molar-refractivity contribution in [2.75, 3.05) is 5.32 Å². The zero-order valence-electron chi connectivity index (χ0n) is 20.4. The molecule has 0 saturated heterocycles. The van der Waals surface area contributed by atoms with E-state index in [9.17, 15) is 4.79 Å². The molecule has 6 nitrogen and oxygen atoms in total. The molecule has 0 unspecified atom stereocenters. The van der Waals surface area contributed by atoms with Gasteiger partial charge in [-0.05, 0) is 79.1 Å². The number of unbranched alkanes of at least 4 members (excludes halogenated alkanes) is 1. The van der Waals surface area contributed by atoms with Crippen molar-refractivity contribution >= 4 is 63.5 Å². The molecule has 0 spiro atoms. The summed E-state index contributed by atoms with van der Waals surface area (Å²) in [5, 5.41) is 13.3. The molecular weight excluding hydrogens is 543 g/mol. The van der Waals surface area contributed by atoms with Crippen LogP contribution >= 0.6 is 34.8 Å². The molecule has 2 heterocycles. The van der Waals surface area contributed by atoms with Crippen LogP contribution in [0.4, 0.5) is 5.69 Å². The second-order valence-corrected chi connectivity index (χ2v) is 10.0. The van der Waals surface area contributed by atoms with Gasteiger partial charge < -0.3 is 9.73 Å². The number of amides is 1. The number of carbonyl (C=O) groups is 1. The summed E-state index contributed by atoms with van der Waals surface area (Å²) in [6.07, 6.45) is 6.30. The predicted octanol–water partition coefficient (Wildman–Crippen LogP) is 8.64. The number of aromatic nitrogens is 3. The van der Waals surface area contributed by atoms with Gasteiger partial charge in [0.2, 0.25) is 5.91 Å². The van der Waals surface area contributed by atoms with Crippen LogP contribution in [0.5, 0.6) is 0 Å². The summed E-state index contributed by atoms with van der Waals surface area (Å²) in [5.41, 5.74) is 4.55. The highest BCUT2D eigenvalue weighted by atomic mass is 35.5. The monoisotopic (exact) mass is 564 g/mol. The number of hydrogen-bond donors (Lipinski definition) is 1. The number of aryl methyl sites for hydroxylation is 1. The topological polar surface area (TPSA) is 73.0 Å². The highest BCUT2D eigenvalue weighted by Gasteiger charge is 2.12. The zero-order valence-corrected chi connectivity index (χ0v) is 22.7. The molecule has 0 aliphatic heterocycles. The first kappa shape index (κ1) is 26.0. The lowest BCUT2D eigenvalue weighted by molar-refractivity contribution is -0.111. The van der Waals surface area contributed by atoms with E-state index in [2.05, 4.69) is 34.6 Å². The molecule has 0 bridgehead atoms. The van der Waals surface area contributed by atoms with Crippen molar-refractivity contribution in [1.82, 2.24) is 15.0 Å². The molecule has 2 aromatic heterocycles. The Morgan fingerprint density at radius 3 is 2.37 bits per heavy atom. The number of nitrogens with one attached hydrogen (secondary N) is 1. The number of anilines is 1. The van der Waals surface area contributed by atoms with Crippen LogP contribution in [0.3, 0.4) is 0 Å². The maximum Gasteiger partial charge on any atom is 0.248 e. The van der Waals surface area contributed by atoms with E-state index in [4.69, 9.17) is 39.2 Å². The van der Waals surface area contributed by atoms with Gasteiger partial charge in [0.1, 0.15) is 22.6 Å². The lowest BCUT2D eigenvalue weighted by Gasteiger charge is -2.04. The molecule has 3 aromatic carbocycles. The van der Waals surface area contributed by atoms with Gasteiger partial charge in [-0.15, -0.1) is 10.2 Å². The van der Waals surface area contributed by atoms with Crippen LogP contribution in [0.15, 0.2) is 77.2 Å². The van der Waals surface area contributed by atoms with E-state index in [0.717, 1.165) is 30.5 Å². The van der Waals surface area contributed by atoms with Gasteiger partial charge >= 0.3 is 0 Å². The molecule has 5 rings (SSSR count). The molecule has 0 aliphatic carbocycles. The third-order valence-electron chi connectivity index (χ3n) is 5.89. The largest absolute Gasteiger partial charge is 0.457 e. The first-order valence-corrected chi connectivity index (χ1v) is 13.2. The smallest absolute Gasteiger partial charge is 0.248 e. The third kappa shape index (κ3) is 6.10. The number of benzene rings is 3. The Morgan fingerprint density at radius 1 is 0.947 bits per heavy atom. The number of furan rings is 1. The lowest BCUT2D eigenvalue weighted by atomic mass is 10.1. The average Bonchev–Trinajstić information content (AvgIpc) is 3.53. The van der Waals surface area contributed by atoms with Crippen LogP contribution in [-0.4, -0.2) is 20.9 Å². The maximum atomic E-state index is 12.6. The Labute approximate surface area is 234 Å². The van der Waals surface area contributed by atoms with Crippen LogP contribution in [-0.2, 0) is 11.2 Å². The van der Waals surface area contributed by atoms with Crippen molar-refractivity contribution in [3.63, 3.8) is 0 Å². The van der Waals surface area contributed by atoms with Crippen LogP contribution in [0.25, 0.3) is 34.1 Å². The van der Waals surface area contributed by atoms with Gasteiger partial charge in [0.15, 0.2) is 0 Å². The molecule has 192 valence electrons. The summed E-state index contributed by atoms with van der Waals surface area (Å²) >= 11 is 18.6. The molecule has 0 atom stereocenters. The van der Waals surface area contributed by atoms with E-state index in [0.29, 0.717) is 43.3 Å². The Kier molecular flexibility index (Phi) is 7.84. The molecule has 1 N–H and O–H groups in total. The van der Waals surface area contributed by atoms with Gasteiger partial charge in [-0.2, -0.15) is 4.80 Å². The fraction of sp³-hybridized carbons (Fsp3) is 0.138. The summed E-state index contributed by atoms with van der Waals surface area (Å²) in [4.78, 5) is 14.2. The Morgan fingerprint density at radius 2 is 1.66 bits per heavy atom. The van der Waals surface area contributed by atoms with Crippen molar-refractivity contribution in [3.05, 3.63) is 99.2 Å². The molecule has 5 aromatic rings. The second kappa shape index (κ2) is 11.4. The van der Waals surface area contributed by atoms with Crippen molar-refractivity contribution in [1.29, 1.82) is 0 Å². The van der Waals surface area contributed by atoms with E-state index >= 15 is 0 Å². The van der Waals surface area contributed by atoms with E-state index < -0.39 is 0 Å². The average molecular weight is 566 g/mol. The third-order valence-corrected chi connectivity index (χ3v) is 6.64. The van der Waals surface area contributed by atoms with Gasteiger partial charge in [-0.3, -0.25) is 4.79 Å². The van der Waals surface area contributed by atoms with Crippen molar-refractivity contribution in [2.24, 2.45) is 0 Å². The number of nitrogens with zero attached hydrogens (tertiary/aromatic N) is 3.